The van der Waals surface area contributed by atoms with E-state index in [2.05, 4.69) is 0 Å². The summed E-state index contributed by atoms with van der Waals surface area (Å²) in [6.45, 7) is -0.0881. The van der Waals surface area contributed by atoms with Gasteiger partial charge in [0.15, 0.2) is 5.88 Å². The number of quaternary nitrogens is 1. The Morgan fingerprint density at radius 1 is 1.25 bits per heavy atom. The van der Waals surface area contributed by atoms with Crippen molar-refractivity contribution in [2.75, 3.05) is 32.6 Å². The Morgan fingerprint density at radius 3 is 2.19 bits per heavy atom. The van der Waals surface area contributed by atoms with Crippen molar-refractivity contribution in [3.8, 4) is 0 Å². The predicted molar refractivity (Wildman–Crippen MR) is 53.0 cm³/mol. The molecular formula is C8H16F3N2O2S+. The van der Waals surface area contributed by atoms with Crippen LogP contribution in [0.4, 0.5) is 13.2 Å². The number of alkyl halides is 3. The normalized spacial score (nSPS) is 21.2. The second-order valence-corrected chi connectivity index (χ2v) is 6.23. The van der Waals surface area contributed by atoms with Crippen LogP contribution in [0, 0.1) is 0 Å². The number of likely N-dealkylation sites (tertiary alicyclic amines) is 1. The van der Waals surface area contributed by atoms with Gasteiger partial charge in [-0.05, 0) is 0 Å². The molecule has 1 heterocycles. The highest BCUT2D eigenvalue weighted by Gasteiger charge is 2.35. The smallest absolute Gasteiger partial charge is 0.312 e. The van der Waals surface area contributed by atoms with Gasteiger partial charge >= 0.3 is 6.18 Å². The molecule has 0 spiro atoms. The van der Waals surface area contributed by atoms with E-state index < -0.39 is 22.7 Å². The van der Waals surface area contributed by atoms with E-state index in [1.807, 2.05) is 0 Å². The number of hydrogen-bond donors (Lipinski definition) is 1. The van der Waals surface area contributed by atoms with E-state index in [1.165, 1.54) is 0 Å². The number of hydrogen-bond acceptors (Lipinski definition) is 2. The standard InChI is InChI=1S/C8H16F3N2O2S/c1-13(4-2-3-5-13)7-16(14,15)12-6-8(9,10)11/h12H,2-7H2,1H3/q+1. The summed E-state index contributed by atoms with van der Waals surface area (Å²) in [4.78, 5) is 0. The van der Waals surface area contributed by atoms with E-state index in [-0.39, 0.29) is 5.88 Å². The van der Waals surface area contributed by atoms with Gasteiger partial charge in [-0.25, -0.2) is 13.1 Å². The second-order valence-electron chi connectivity index (χ2n) is 4.45. The molecule has 16 heavy (non-hydrogen) atoms. The summed E-state index contributed by atoms with van der Waals surface area (Å²) in [5.74, 6) is -0.275. The lowest BCUT2D eigenvalue weighted by atomic mass is 10.4. The molecule has 0 amide bonds. The SMILES string of the molecule is C[N+]1(CS(=O)(=O)NCC(F)(F)F)CCCC1. The maximum Gasteiger partial charge on any atom is 0.402 e. The Labute approximate surface area is 93.1 Å². The number of halogens is 3. The minimum absolute atomic E-state index is 0.275. The first kappa shape index (κ1) is 13.7. The number of rotatable bonds is 4. The summed E-state index contributed by atoms with van der Waals surface area (Å²) in [5.41, 5.74) is 0. The van der Waals surface area contributed by atoms with Crippen molar-refractivity contribution in [1.29, 1.82) is 0 Å². The summed E-state index contributed by atoms with van der Waals surface area (Å²) >= 11 is 0. The molecule has 1 aliphatic heterocycles. The highest BCUT2D eigenvalue weighted by molar-refractivity contribution is 7.89. The lowest BCUT2D eigenvalue weighted by Crippen LogP contribution is -2.49. The molecule has 1 fully saturated rings. The highest BCUT2D eigenvalue weighted by atomic mass is 32.2. The molecule has 0 saturated carbocycles. The van der Waals surface area contributed by atoms with E-state index >= 15 is 0 Å². The summed E-state index contributed by atoms with van der Waals surface area (Å²) in [5, 5.41) is 0. The molecule has 96 valence electrons. The van der Waals surface area contributed by atoms with Gasteiger partial charge in [-0.2, -0.15) is 13.2 Å². The summed E-state index contributed by atoms with van der Waals surface area (Å²) in [7, 11) is -2.10. The zero-order valence-corrected chi connectivity index (χ0v) is 9.86. The van der Waals surface area contributed by atoms with Gasteiger partial charge in [0.1, 0.15) is 6.54 Å². The Hall–Kier alpha value is -0.340. The maximum atomic E-state index is 11.9. The first-order valence-electron chi connectivity index (χ1n) is 5.00. The minimum atomic E-state index is -4.50. The zero-order chi connectivity index (χ0) is 12.4. The van der Waals surface area contributed by atoms with E-state index in [9.17, 15) is 21.6 Å². The van der Waals surface area contributed by atoms with Gasteiger partial charge in [0.2, 0.25) is 0 Å². The summed E-state index contributed by atoms with van der Waals surface area (Å²) in [6.07, 6.45) is -2.66. The van der Waals surface area contributed by atoms with E-state index in [4.69, 9.17) is 0 Å². The van der Waals surface area contributed by atoms with E-state index in [0.717, 1.165) is 12.8 Å². The first-order valence-corrected chi connectivity index (χ1v) is 6.65. The van der Waals surface area contributed by atoms with Crippen molar-refractivity contribution in [1.82, 2.24) is 4.72 Å². The molecule has 0 atom stereocenters. The molecule has 1 rings (SSSR count). The molecule has 1 N–H and O–H groups in total. The van der Waals surface area contributed by atoms with Crippen molar-refractivity contribution >= 4 is 10.0 Å². The van der Waals surface area contributed by atoms with Crippen LogP contribution in [0.5, 0.6) is 0 Å². The van der Waals surface area contributed by atoms with Crippen molar-refractivity contribution in [3.05, 3.63) is 0 Å². The minimum Gasteiger partial charge on any atom is -0.312 e. The summed E-state index contributed by atoms with van der Waals surface area (Å²) < 4.78 is 60.3. The van der Waals surface area contributed by atoms with Crippen molar-refractivity contribution < 1.29 is 26.1 Å². The van der Waals surface area contributed by atoms with Crippen LogP contribution >= 0.6 is 0 Å². The predicted octanol–water partition coefficient (Wildman–Crippen LogP) is 0.666. The topological polar surface area (TPSA) is 46.2 Å². The fourth-order valence-electron chi connectivity index (χ4n) is 1.88. The molecule has 0 aromatic heterocycles. The van der Waals surface area contributed by atoms with Gasteiger partial charge in [0.25, 0.3) is 10.0 Å². The van der Waals surface area contributed by atoms with Crippen molar-refractivity contribution in [2.45, 2.75) is 19.0 Å². The third-order valence-corrected chi connectivity index (χ3v) is 4.17. The average Bonchev–Trinajstić information content (AvgIpc) is 2.46. The molecule has 0 aromatic rings. The largest absolute Gasteiger partial charge is 0.402 e. The molecule has 0 unspecified atom stereocenters. The van der Waals surface area contributed by atoms with Crippen molar-refractivity contribution in [3.63, 3.8) is 0 Å². The van der Waals surface area contributed by atoms with Crippen LogP contribution in [0.25, 0.3) is 0 Å². The van der Waals surface area contributed by atoms with Crippen molar-refractivity contribution in [2.24, 2.45) is 0 Å². The molecule has 0 radical (unpaired) electrons. The monoisotopic (exact) mass is 261 g/mol. The zero-order valence-electron chi connectivity index (χ0n) is 9.05. The van der Waals surface area contributed by atoms with Gasteiger partial charge < -0.3 is 4.48 Å². The Bertz CT molecular complexity index is 334. The third kappa shape index (κ3) is 4.67. The molecular weight excluding hydrogens is 245 g/mol. The van der Waals surface area contributed by atoms with Gasteiger partial charge in [0.05, 0.1) is 20.1 Å². The molecule has 4 nitrogen and oxygen atoms in total. The van der Waals surface area contributed by atoms with Crippen LogP contribution in [-0.2, 0) is 10.0 Å². The number of nitrogens with one attached hydrogen (secondary N) is 1. The third-order valence-electron chi connectivity index (χ3n) is 2.62. The first-order chi connectivity index (χ1) is 7.12. The molecule has 1 aliphatic rings. The van der Waals surface area contributed by atoms with Gasteiger partial charge in [0, 0.05) is 12.8 Å². The van der Waals surface area contributed by atoms with E-state index in [0.29, 0.717) is 17.6 Å². The Kier molecular flexibility index (Phi) is 3.86. The van der Waals surface area contributed by atoms with Crippen LogP contribution in [0.2, 0.25) is 0 Å². The maximum absolute atomic E-state index is 11.9. The number of sulfonamides is 1. The molecule has 0 aromatic carbocycles. The van der Waals surface area contributed by atoms with Crippen LogP contribution in [-0.4, -0.2) is 51.6 Å². The van der Waals surface area contributed by atoms with Gasteiger partial charge in [-0.3, -0.25) is 0 Å². The fourth-order valence-corrected chi connectivity index (χ4v) is 3.43. The molecule has 1 saturated heterocycles. The molecule has 0 bridgehead atoms. The second kappa shape index (κ2) is 4.50. The molecule has 0 aliphatic carbocycles. The summed E-state index contributed by atoms with van der Waals surface area (Å²) in [6, 6.07) is 0. The van der Waals surface area contributed by atoms with Crippen LogP contribution in [0.3, 0.4) is 0 Å². The van der Waals surface area contributed by atoms with Crippen LogP contribution < -0.4 is 4.72 Å². The fraction of sp³-hybridized carbons (Fsp3) is 1.00. The molecule has 8 heteroatoms. The average molecular weight is 261 g/mol. The van der Waals surface area contributed by atoms with Gasteiger partial charge in [-0.1, -0.05) is 0 Å². The van der Waals surface area contributed by atoms with E-state index in [1.54, 1.807) is 11.8 Å². The Balaban J connectivity index is 2.52. The van der Waals surface area contributed by atoms with Crippen LogP contribution in [0.15, 0.2) is 0 Å². The van der Waals surface area contributed by atoms with Gasteiger partial charge in [-0.15, -0.1) is 0 Å². The lowest BCUT2D eigenvalue weighted by molar-refractivity contribution is -0.885. The quantitative estimate of drug-likeness (QED) is 0.756. The lowest BCUT2D eigenvalue weighted by Gasteiger charge is -2.28. The highest BCUT2D eigenvalue weighted by Crippen LogP contribution is 2.18. The van der Waals surface area contributed by atoms with Crippen LogP contribution in [0.1, 0.15) is 12.8 Å². The number of nitrogens with zero attached hydrogens (tertiary/aromatic N) is 1. The Morgan fingerprint density at radius 2 is 1.75 bits per heavy atom.